The third kappa shape index (κ3) is 3.54. The molecule has 0 spiro atoms. The fraction of sp³-hybridized carbons (Fsp3) is 0.130. The lowest BCUT2D eigenvalue weighted by Crippen LogP contribution is -2.22. The molecule has 4 rings (SSSR count). The molecule has 4 aromatic rings. The van der Waals surface area contributed by atoms with Crippen LogP contribution < -0.4 is 15.0 Å². The van der Waals surface area contributed by atoms with Crippen molar-refractivity contribution in [2.75, 3.05) is 14.2 Å². The van der Waals surface area contributed by atoms with Crippen molar-refractivity contribution in [2.24, 2.45) is 0 Å². The van der Waals surface area contributed by atoms with Gasteiger partial charge in [0.2, 0.25) is 0 Å². The Hall–Kier alpha value is -3.38. The van der Waals surface area contributed by atoms with E-state index in [9.17, 15) is 4.79 Å². The SMILES string of the molecule is COc1ccc(OC)c(-n2c(C)ccc(-c3nc(-c4ccccc4)cs3)c2=O)c1. The number of pyridine rings is 1. The largest absolute Gasteiger partial charge is 0.497 e. The van der Waals surface area contributed by atoms with Crippen molar-refractivity contribution in [1.29, 1.82) is 0 Å². The van der Waals surface area contributed by atoms with Crippen molar-refractivity contribution in [1.82, 2.24) is 9.55 Å². The number of hydrogen-bond acceptors (Lipinski definition) is 5. The number of aromatic nitrogens is 2. The third-order valence-corrected chi connectivity index (χ3v) is 5.58. The molecule has 0 unspecified atom stereocenters. The van der Waals surface area contributed by atoms with Crippen LogP contribution in [0.4, 0.5) is 0 Å². The fourth-order valence-corrected chi connectivity index (χ4v) is 4.05. The fourth-order valence-electron chi connectivity index (χ4n) is 3.20. The Morgan fingerprint density at radius 3 is 2.48 bits per heavy atom. The van der Waals surface area contributed by atoms with E-state index in [0.717, 1.165) is 17.0 Å². The molecule has 0 saturated carbocycles. The zero-order valence-electron chi connectivity index (χ0n) is 16.4. The van der Waals surface area contributed by atoms with Crippen LogP contribution in [0.5, 0.6) is 11.5 Å². The van der Waals surface area contributed by atoms with Crippen LogP contribution in [-0.2, 0) is 0 Å². The molecule has 2 aromatic heterocycles. The molecular formula is C23H20N2O3S. The number of thiazole rings is 1. The molecule has 0 bridgehead atoms. The smallest absolute Gasteiger partial charge is 0.265 e. The molecule has 6 heteroatoms. The second-order valence-corrected chi connectivity index (χ2v) is 7.33. The minimum Gasteiger partial charge on any atom is -0.497 e. The number of ether oxygens (including phenoxy) is 2. The first kappa shape index (κ1) is 19.0. The van der Waals surface area contributed by atoms with E-state index in [0.29, 0.717) is 27.8 Å². The van der Waals surface area contributed by atoms with Gasteiger partial charge in [0.1, 0.15) is 16.5 Å². The van der Waals surface area contributed by atoms with E-state index in [-0.39, 0.29) is 5.56 Å². The predicted octanol–water partition coefficient (Wildman–Crippen LogP) is 4.95. The molecule has 5 nitrogen and oxygen atoms in total. The van der Waals surface area contributed by atoms with E-state index in [1.807, 2.05) is 54.8 Å². The van der Waals surface area contributed by atoms with Gasteiger partial charge >= 0.3 is 0 Å². The van der Waals surface area contributed by atoms with Gasteiger partial charge < -0.3 is 9.47 Å². The lowest BCUT2D eigenvalue weighted by atomic mass is 10.2. The summed E-state index contributed by atoms with van der Waals surface area (Å²) in [7, 11) is 3.18. The Labute approximate surface area is 172 Å². The predicted molar refractivity (Wildman–Crippen MR) is 116 cm³/mol. The molecule has 0 radical (unpaired) electrons. The molecule has 0 fully saturated rings. The Kier molecular flexibility index (Phi) is 5.18. The minimum absolute atomic E-state index is 0.148. The summed E-state index contributed by atoms with van der Waals surface area (Å²) in [6.07, 6.45) is 0. The van der Waals surface area contributed by atoms with Crippen molar-refractivity contribution in [3.05, 3.63) is 82.1 Å². The third-order valence-electron chi connectivity index (χ3n) is 4.71. The van der Waals surface area contributed by atoms with E-state index in [1.54, 1.807) is 37.0 Å². The Balaban J connectivity index is 1.86. The van der Waals surface area contributed by atoms with E-state index in [2.05, 4.69) is 0 Å². The molecule has 2 aromatic carbocycles. The Bertz CT molecular complexity index is 1210. The summed E-state index contributed by atoms with van der Waals surface area (Å²) in [5.74, 6) is 1.25. The summed E-state index contributed by atoms with van der Waals surface area (Å²) in [6.45, 7) is 1.89. The Morgan fingerprint density at radius 2 is 1.76 bits per heavy atom. The van der Waals surface area contributed by atoms with E-state index < -0.39 is 0 Å². The molecular weight excluding hydrogens is 384 g/mol. The average Bonchev–Trinajstić information content (AvgIpc) is 3.24. The maximum Gasteiger partial charge on any atom is 0.265 e. The van der Waals surface area contributed by atoms with Crippen LogP contribution in [0.1, 0.15) is 5.69 Å². The van der Waals surface area contributed by atoms with Crippen LogP contribution in [0.3, 0.4) is 0 Å². The highest BCUT2D eigenvalue weighted by Crippen LogP contribution is 2.30. The summed E-state index contributed by atoms with van der Waals surface area (Å²) in [6, 6.07) is 19.1. The van der Waals surface area contributed by atoms with Gasteiger partial charge in [-0.05, 0) is 31.2 Å². The van der Waals surface area contributed by atoms with Gasteiger partial charge in [-0.2, -0.15) is 0 Å². The van der Waals surface area contributed by atoms with Gasteiger partial charge in [0.15, 0.2) is 0 Å². The van der Waals surface area contributed by atoms with E-state index in [4.69, 9.17) is 14.5 Å². The topological polar surface area (TPSA) is 53.4 Å². The zero-order chi connectivity index (χ0) is 20.4. The highest BCUT2D eigenvalue weighted by molar-refractivity contribution is 7.13. The number of nitrogens with zero attached hydrogens (tertiary/aromatic N) is 2. The van der Waals surface area contributed by atoms with E-state index in [1.165, 1.54) is 11.3 Å². The number of aryl methyl sites for hydroxylation is 1. The van der Waals surface area contributed by atoms with Crippen molar-refractivity contribution in [3.8, 4) is 39.0 Å². The standard InChI is InChI=1S/C23H20N2O3S/c1-15-9-11-18(22-24-19(14-29-22)16-7-5-4-6-8-16)23(26)25(15)20-13-17(27-2)10-12-21(20)28-3/h4-14H,1-3H3. The van der Waals surface area contributed by atoms with Crippen molar-refractivity contribution < 1.29 is 9.47 Å². The number of methoxy groups -OCH3 is 2. The van der Waals surface area contributed by atoms with Gasteiger partial charge in [0, 0.05) is 22.7 Å². The van der Waals surface area contributed by atoms with Gasteiger partial charge in [-0.15, -0.1) is 11.3 Å². The summed E-state index contributed by atoms with van der Waals surface area (Å²) in [5.41, 5.74) is 3.72. The number of benzene rings is 2. The van der Waals surface area contributed by atoms with Crippen LogP contribution in [-0.4, -0.2) is 23.8 Å². The van der Waals surface area contributed by atoms with Crippen LogP contribution in [0.15, 0.2) is 70.8 Å². The van der Waals surface area contributed by atoms with Crippen molar-refractivity contribution in [2.45, 2.75) is 6.92 Å². The minimum atomic E-state index is -0.148. The lowest BCUT2D eigenvalue weighted by Gasteiger charge is -2.15. The molecule has 0 aliphatic carbocycles. The molecule has 0 N–H and O–H groups in total. The summed E-state index contributed by atoms with van der Waals surface area (Å²) in [5, 5.41) is 2.66. The van der Waals surface area contributed by atoms with Crippen LogP contribution in [0, 0.1) is 6.92 Å². The molecule has 0 saturated heterocycles. The summed E-state index contributed by atoms with van der Waals surface area (Å²) < 4.78 is 12.5. The highest BCUT2D eigenvalue weighted by Gasteiger charge is 2.17. The normalized spacial score (nSPS) is 10.7. The van der Waals surface area contributed by atoms with Gasteiger partial charge in [-0.1, -0.05) is 30.3 Å². The number of rotatable bonds is 5. The van der Waals surface area contributed by atoms with Gasteiger partial charge in [-0.25, -0.2) is 4.98 Å². The molecule has 146 valence electrons. The zero-order valence-corrected chi connectivity index (χ0v) is 17.2. The quantitative estimate of drug-likeness (QED) is 0.472. The second kappa shape index (κ2) is 7.93. The van der Waals surface area contributed by atoms with Gasteiger partial charge in [0.05, 0.1) is 31.2 Å². The summed E-state index contributed by atoms with van der Waals surface area (Å²) >= 11 is 1.46. The van der Waals surface area contributed by atoms with Crippen molar-refractivity contribution in [3.63, 3.8) is 0 Å². The average molecular weight is 404 g/mol. The van der Waals surface area contributed by atoms with Crippen LogP contribution in [0.25, 0.3) is 27.5 Å². The molecule has 0 aliphatic heterocycles. The first-order valence-electron chi connectivity index (χ1n) is 9.08. The molecule has 0 atom stereocenters. The maximum absolute atomic E-state index is 13.4. The first-order valence-corrected chi connectivity index (χ1v) is 9.96. The number of hydrogen-bond donors (Lipinski definition) is 0. The van der Waals surface area contributed by atoms with Crippen molar-refractivity contribution >= 4 is 11.3 Å². The van der Waals surface area contributed by atoms with Gasteiger partial charge in [0.25, 0.3) is 5.56 Å². The van der Waals surface area contributed by atoms with Gasteiger partial charge in [-0.3, -0.25) is 9.36 Å². The van der Waals surface area contributed by atoms with Crippen LogP contribution in [0.2, 0.25) is 0 Å². The maximum atomic E-state index is 13.4. The molecule has 29 heavy (non-hydrogen) atoms. The molecule has 0 amide bonds. The Morgan fingerprint density at radius 1 is 0.966 bits per heavy atom. The molecule has 0 aliphatic rings. The molecule has 2 heterocycles. The summed E-state index contributed by atoms with van der Waals surface area (Å²) in [4.78, 5) is 18.1. The highest BCUT2D eigenvalue weighted by atomic mass is 32.1. The van der Waals surface area contributed by atoms with E-state index >= 15 is 0 Å². The second-order valence-electron chi connectivity index (χ2n) is 6.47. The lowest BCUT2D eigenvalue weighted by molar-refractivity contribution is 0.401. The first-order chi connectivity index (χ1) is 14.1. The monoisotopic (exact) mass is 404 g/mol. The van der Waals surface area contributed by atoms with Crippen LogP contribution >= 0.6 is 11.3 Å².